The largest absolute Gasteiger partial charge is 0.433 e. The number of rotatable bonds is 12. The summed E-state index contributed by atoms with van der Waals surface area (Å²) >= 11 is 0. The monoisotopic (exact) mass is 223 g/mol. The van der Waals surface area contributed by atoms with E-state index >= 15 is 0 Å². The molecule has 0 aliphatic carbocycles. The Morgan fingerprint density at radius 2 is 1.62 bits per heavy atom. The van der Waals surface area contributed by atoms with Crippen molar-refractivity contribution in [3.05, 3.63) is 25.0 Å². The van der Waals surface area contributed by atoms with Crippen LogP contribution in [-0.2, 0) is 9.53 Å². The maximum absolute atomic E-state index is 9.95. The van der Waals surface area contributed by atoms with Crippen LogP contribution in [0.5, 0.6) is 0 Å². The molecule has 0 rings (SSSR count). The van der Waals surface area contributed by atoms with Crippen LogP contribution in [0.4, 0.5) is 0 Å². The molecule has 2 nitrogen and oxygen atoms in total. The third-order valence-corrected chi connectivity index (χ3v) is 2.53. The van der Waals surface area contributed by atoms with E-state index in [9.17, 15) is 4.79 Å². The Morgan fingerprint density at radius 3 is 2.19 bits per heavy atom. The van der Waals surface area contributed by atoms with E-state index in [4.69, 9.17) is 6.58 Å². The first-order valence-electron chi connectivity index (χ1n) is 6.13. The van der Waals surface area contributed by atoms with Gasteiger partial charge in [0.2, 0.25) is 0 Å². The average molecular weight is 223 g/mol. The van der Waals surface area contributed by atoms with Crippen LogP contribution in [0.3, 0.4) is 0 Å². The van der Waals surface area contributed by atoms with Crippen LogP contribution in [0.15, 0.2) is 18.4 Å². The fraction of sp³-hybridized carbons (Fsp3) is 0.643. The Labute approximate surface area is 99.4 Å². The highest BCUT2D eigenvalue weighted by Crippen LogP contribution is 2.12. The van der Waals surface area contributed by atoms with E-state index in [1.807, 2.05) is 6.08 Å². The van der Waals surface area contributed by atoms with E-state index in [1.165, 1.54) is 32.1 Å². The normalized spacial score (nSPS) is 9.75. The second kappa shape index (κ2) is 12.0. The minimum atomic E-state index is 0.334. The summed E-state index contributed by atoms with van der Waals surface area (Å²) in [5.41, 5.74) is 0. The van der Waals surface area contributed by atoms with E-state index < -0.39 is 0 Å². The maximum Gasteiger partial charge on any atom is 0.298 e. The summed E-state index contributed by atoms with van der Waals surface area (Å²) in [6.07, 6.45) is 12.4. The lowest BCUT2D eigenvalue weighted by atomic mass is 10.1. The van der Waals surface area contributed by atoms with Crippen LogP contribution in [-0.4, -0.2) is 6.47 Å². The van der Waals surface area contributed by atoms with Gasteiger partial charge in [0.15, 0.2) is 0 Å². The van der Waals surface area contributed by atoms with Crippen molar-refractivity contribution in [2.45, 2.75) is 57.8 Å². The molecule has 0 unspecified atom stereocenters. The zero-order valence-electron chi connectivity index (χ0n) is 10.1. The number of allylic oxidation sites excluding steroid dienone is 2. The molecule has 0 aromatic rings. The van der Waals surface area contributed by atoms with Crippen molar-refractivity contribution in [1.29, 1.82) is 0 Å². The van der Waals surface area contributed by atoms with Gasteiger partial charge in [-0.1, -0.05) is 38.2 Å². The highest BCUT2D eigenvalue weighted by molar-refractivity contribution is 5.39. The smallest absolute Gasteiger partial charge is 0.298 e. The Morgan fingerprint density at radius 1 is 1.06 bits per heavy atom. The average Bonchev–Trinajstić information content (AvgIpc) is 2.27. The van der Waals surface area contributed by atoms with E-state index in [0.29, 0.717) is 18.7 Å². The fourth-order valence-electron chi connectivity index (χ4n) is 1.59. The molecule has 0 heterocycles. The van der Waals surface area contributed by atoms with E-state index in [2.05, 4.69) is 11.3 Å². The molecule has 2 heteroatoms. The van der Waals surface area contributed by atoms with Crippen molar-refractivity contribution >= 4 is 6.47 Å². The molecular formula is C14H23O2. The van der Waals surface area contributed by atoms with E-state index in [0.717, 1.165) is 19.3 Å². The first kappa shape index (κ1) is 14.9. The highest BCUT2D eigenvalue weighted by atomic mass is 16.5. The minimum Gasteiger partial charge on any atom is -0.433 e. The standard InChI is InChI=1S/C14H23O2/c1-3-4-5-6-7-8-9-10-11-12-14(2)16-13-15/h2-3,13H,1,4-12H2. The number of ether oxygens (including phenoxy) is 1. The van der Waals surface area contributed by atoms with Gasteiger partial charge >= 0.3 is 0 Å². The van der Waals surface area contributed by atoms with E-state index in [-0.39, 0.29) is 0 Å². The number of hydrogen-bond acceptors (Lipinski definition) is 2. The first-order valence-corrected chi connectivity index (χ1v) is 6.13. The lowest BCUT2D eigenvalue weighted by Crippen LogP contribution is -1.88. The SMILES string of the molecule is [CH]=C(CCCCCCCCCC=C)OC=O. The van der Waals surface area contributed by atoms with Crippen molar-refractivity contribution in [2.24, 2.45) is 0 Å². The number of carbonyl (C=O) groups is 1. The summed E-state index contributed by atoms with van der Waals surface area (Å²) in [5, 5.41) is 0. The molecule has 0 saturated heterocycles. The molecule has 0 saturated carbocycles. The highest BCUT2D eigenvalue weighted by Gasteiger charge is 1.95. The predicted octanol–water partition coefficient (Wildman–Crippen LogP) is 4.17. The van der Waals surface area contributed by atoms with Gasteiger partial charge in [-0.3, -0.25) is 4.79 Å². The summed E-state index contributed by atoms with van der Waals surface area (Å²) in [5.74, 6) is 0.334. The fourth-order valence-corrected chi connectivity index (χ4v) is 1.59. The maximum atomic E-state index is 9.95. The van der Waals surface area contributed by atoms with Gasteiger partial charge in [0.1, 0.15) is 5.76 Å². The third-order valence-electron chi connectivity index (χ3n) is 2.53. The molecular weight excluding hydrogens is 200 g/mol. The Bertz CT molecular complexity index is 197. The zero-order chi connectivity index (χ0) is 12.1. The Kier molecular flexibility index (Phi) is 11.2. The Balaban J connectivity index is 3.06. The van der Waals surface area contributed by atoms with Gasteiger partial charge in [-0.15, -0.1) is 6.58 Å². The zero-order valence-corrected chi connectivity index (χ0v) is 10.1. The molecule has 0 aromatic carbocycles. The van der Waals surface area contributed by atoms with Gasteiger partial charge < -0.3 is 4.74 Å². The molecule has 0 aromatic heterocycles. The van der Waals surface area contributed by atoms with Crippen LogP contribution in [0.1, 0.15) is 57.8 Å². The van der Waals surface area contributed by atoms with Crippen LogP contribution in [0.2, 0.25) is 0 Å². The summed E-state index contributed by atoms with van der Waals surface area (Å²) in [6.45, 7) is 9.52. The van der Waals surface area contributed by atoms with Gasteiger partial charge in [-0.2, -0.15) is 0 Å². The number of hydrogen-bond donors (Lipinski definition) is 0. The van der Waals surface area contributed by atoms with Gasteiger partial charge in [0.25, 0.3) is 6.47 Å². The van der Waals surface area contributed by atoms with Crippen molar-refractivity contribution < 1.29 is 9.53 Å². The molecule has 91 valence electrons. The predicted molar refractivity (Wildman–Crippen MR) is 66.7 cm³/mol. The number of unbranched alkanes of at least 4 members (excludes halogenated alkanes) is 7. The lowest BCUT2D eigenvalue weighted by molar-refractivity contribution is -0.125. The summed E-state index contributed by atoms with van der Waals surface area (Å²) in [7, 11) is 0. The second-order valence-corrected chi connectivity index (χ2v) is 3.98. The van der Waals surface area contributed by atoms with Crippen LogP contribution in [0, 0.1) is 6.58 Å². The molecule has 0 atom stereocenters. The van der Waals surface area contributed by atoms with Crippen molar-refractivity contribution in [3.63, 3.8) is 0 Å². The molecule has 0 bridgehead atoms. The van der Waals surface area contributed by atoms with Crippen LogP contribution in [0.25, 0.3) is 0 Å². The van der Waals surface area contributed by atoms with Crippen molar-refractivity contribution in [1.82, 2.24) is 0 Å². The molecule has 0 aliphatic heterocycles. The topological polar surface area (TPSA) is 26.3 Å². The van der Waals surface area contributed by atoms with Crippen LogP contribution >= 0.6 is 0 Å². The molecule has 0 fully saturated rings. The van der Waals surface area contributed by atoms with Crippen molar-refractivity contribution in [2.75, 3.05) is 0 Å². The number of carbonyl (C=O) groups excluding carboxylic acids is 1. The summed E-state index contributed by atoms with van der Waals surface area (Å²) < 4.78 is 4.52. The van der Waals surface area contributed by atoms with Gasteiger partial charge in [-0.25, -0.2) is 0 Å². The summed E-state index contributed by atoms with van der Waals surface area (Å²) in [6, 6.07) is 0. The molecule has 16 heavy (non-hydrogen) atoms. The van der Waals surface area contributed by atoms with Gasteiger partial charge in [0.05, 0.1) is 0 Å². The Hall–Kier alpha value is -1.05. The molecule has 0 N–H and O–H groups in total. The molecule has 0 spiro atoms. The van der Waals surface area contributed by atoms with E-state index in [1.54, 1.807) is 0 Å². The summed E-state index contributed by atoms with van der Waals surface area (Å²) in [4.78, 5) is 9.95. The molecule has 0 aliphatic rings. The lowest BCUT2D eigenvalue weighted by Gasteiger charge is -2.02. The molecule has 0 amide bonds. The van der Waals surface area contributed by atoms with Crippen LogP contribution < -0.4 is 0 Å². The first-order chi connectivity index (χ1) is 7.81. The third kappa shape index (κ3) is 11.0. The molecule has 1 radical (unpaired) electrons. The van der Waals surface area contributed by atoms with Crippen molar-refractivity contribution in [3.8, 4) is 0 Å². The quantitative estimate of drug-likeness (QED) is 0.215. The second-order valence-electron chi connectivity index (χ2n) is 3.98. The minimum absolute atomic E-state index is 0.334. The van der Waals surface area contributed by atoms with Gasteiger partial charge in [0, 0.05) is 6.42 Å². The van der Waals surface area contributed by atoms with Gasteiger partial charge in [-0.05, 0) is 25.8 Å².